The molecule has 0 saturated heterocycles. The van der Waals surface area contributed by atoms with Gasteiger partial charge in [0.2, 0.25) is 5.88 Å². The second kappa shape index (κ2) is 6.13. The van der Waals surface area contributed by atoms with E-state index < -0.39 is 0 Å². The molecular formula is C16H11Br2NO2. The highest BCUT2D eigenvalue weighted by Gasteiger charge is 2.10. The average molecular weight is 409 g/mol. The Balaban J connectivity index is 2.10. The van der Waals surface area contributed by atoms with Gasteiger partial charge in [-0.25, -0.2) is 4.98 Å². The van der Waals surface area contributed by atoms with Gasteiger partial charge < -0.3 is 9.84 Å². The summed E-state index contributed by atoms with van der Waals surface area (Å²) in [5.41, 5.74) is 0.580. The highest BCUT2D eigenvalue weighted by molar-refractivity contribution is 9.11. The Morgan fingerprint density at radius 3 is 2.62 bits per heavy atom. The number of aliphatic hydroxyl groups excluding tert-OH is 1. The molecule has 3 aromatic rings. The van der Waals surface area contributed by atoms with Gasteiger partial charge in [-0.1, -0.05) is 34.1 Å². The molecule has 21 heavy (non-hydrogen) atoms. The lowest BCUT2D eigenvalue weighted by Crippen LogP contribution is -1.95. The maximum absolute atomic E-state index is 9.35. The Morgan fingerprint density at radius 1 is 1.05 bits per heavy atom. The third-order valence-corrected chi connectivity index (χ3v) is 4.13. The van der Waals surface area contributed by atoms with Gasteiger partial charge in [0, 0.05) is 9.86 Å². The summed E-state index contributed by atoms with van der Waals surface area (Å²) in [5, 5.41) is 11.2. The van der Waals surface area contributed by atoms with Crippen molar-refractivity contribution in [3.63, 3.8) is 0 Å². The highest BCUT2D eigenvalue weighted by atomic mass is 79.9. The number of rotatable bonds is 3. The van der Waals surface area contributed by atoms with Crippen LogP contribution in [0.3, 0.4) is 0 Å². The molecule has 0 saturated carbocycles. The van der Waals surface area contributed by atoms with E-state index in [0.29, 0.717) is 17.3 Å². The van der Waals surface area contributed by atoms with Gasteiger partial charge in [0.05, 0.1) is 16.8 Å². The Bertz CT molecular complexity index is 805. The average Bonchev–Trinajstić information content (AvgIpc) is 2.49. The summed E-state index contributed by atoms with van der Waals surface area (Å²) < 4.78 is 7.72. The van der Waals surface area contributed by atoms with E-state index in [1.807, 2.05) is 48.5 Å². The quantitative estimate of drug-likeness (QED) is 0.659. The molecule has 3 nitrogen and oxygen atoms in total. The molecule has 0 bridgehead atoms. The first-order chi connectivity index (χ1) is 10.2. The minimum Gasteiger partial charge on any atom is -0.437 e. The van der Waals surface area contributed by atoms with Crippen LogP contribution in [0.15, 0.2) is 57.5 Å². The normalized spacial score (nSPS) is 10.8. The van der Waals surface area contributed by atoms with E-state index in [2.05, 4.69) is 36.8 Å². The second-order valence-corrected chi connectivity index (χ2v) is 6.24. The first-order valence-electron chi connectivity index (χ1n) is 6.30. The van der Waals surface area contributed by atoms with Crippen LogP contribution in [0.25, 0.3) is 10.8 Å². The van der Waals surface area contributed by atoms with Gasteiger partial charge in [-0.3, -0.25) is 0 Å². The van der Waals surface area contributed by atoms with Crippen LogP contribution in [0, 0.1) is 0 Å². The standard InChI is InChI=1S/C16H11Br2NO2/c17-11-5-6-15(14(18)8-11)21-16-13-4-2-1-3-10(13)7-12(9-20)19-16/h1-8,20H,9H2. The van der Waals surface area contributed by atoms with Crippen molar-refractivity contribution >= 4 is 42.6 Å². The summed E-state index contributed by atoms with van der Waals surface area (Å²) in [6.07, 6.45) is 0. The molecule has 1 N–H and O–H groups in total. The highest BCUT2D eigenvalue weighted by Crippen LogP contribution is 2.34. The molecule has 5 heteroatoms. The lowest BCUT2D eigenvalue weighted by molar-refractivity contribution is 0.275. The van der Waals surface area contributed by atoms with Crippen LogP contribution in [0.2, 0.25) is 0 Å². The number of hydrogen-bond acceptors (Lipinski definition) is 3. The third kappa shape index (κ3) is 3.10. The van der Waals surface area contributed by atoms with E-state index >= 15 is 0 Å². The van der Waals surface area contributed by atoms with Crippen LogP contribution in [-0.4, -0.2) is 10.1 Å². The van der Waals surface area contributed by atoms with Crippen LogP contribution in [-0.2, 0) is 6.61 Å². The molecule has 2 aromatic carbocycles. The number of nitrogens with zero attached hydrogens (tertiary/aromatic N) is 1. The molecule has 0 aliphatic carbocycles. The summed E-state index contributed by atoms with van der Waals surface area (Å²) >= 11 is 6.88. The lowest BCUT2D eigenvalue weighted by atomic mass is 10.1. The van der Waals surface area contributed by atoms with Crippen molar-refractivity contribution in [2.75, 3.05) is 0 Å². The van der Waals surface area contributed by atoms with E-state index in [0.717, 1.165) is 19.7 Å². The number of ether oxygens (including phenoxy) is 1. The van der Waals surface area contributed by atoms with Gasteiger partial charge in [-0.2, -0.15) is 0 Å². The minimum absolute atomic E-state index is 0.122. The van der Waals surface area contributed by atoms with E-state index in [1.54, 1.807) is 0 Å². The number of aromatic nitrogens is 1. The molecule has 0 atom stereocenters. The zero-order valence-corrected chi connectivity index (χ0v) is 14.1. The van der Waals surface area contributed by atoms with Crippen molar-refractivity contribution in [2.24, 2.45) is 0 Å². The van der Waals surface area contributed by atoms with Crippen molar-refractivity contribution in [1.82, 2.24) is 4.98 Å². The van der Waals surface area contributed by atoms with E-state index in [1.165, 1.54) is 0 Å². The second-order valence-electron chi connectivity index (χ2n) is 4.47. The number of benzene rings is 2. The molecule has 0 unspecified atom stereocenters. The number of aliphatic hydroxyl groups is 1. The zero-order chi connectivity index (χ0) is 14.8. The summed E-state index contributed by atoms with van der Waals surface area (Å²) in [6, 6.07) is 15.3. The molecule has 106 valence electrons. The minimum atomic E-state index is -0.122. The van der Waals surface area contributed by atoms with Crippen LogP contribution in [0.1, 0.15) is 5.69 Å². The number of hydrogen-bond donors (Lipinski definition) is 1. The van der Waals surface area contributed by atoms with Crippen LogP contribution >= 0.6 is 31.9 Å². The molecule has 3 rings (SSSR count). The number of pyridine rings is 1. The first-order valence-corrected chi connectivity index (χ1v) is 7.88. The van der Waals surface area contributed by atoms with E-state index in [4.69, 9.17) is 4.74 Å². The predicted molar refractivity (Wildman–Crippen MR) is 89.6 cm³/mol. The molecule has 0 aliphatic heterocycles. The van der Waals surface area contributed by atoms with Crippen molar-refractivity contribution in [1.29, 1.82) is 0 Å². The molecule has 0 fully saturated rings. The van der Waals surface area contributed by atoms with Crippen LogP contribution in [0.4, 0.5) is 0 Å². The first kappa shape index (κ1) is 14.5. The van der Waals surface area contributed by atoms with Gasteiger partial charge in [0.25, 0.3) is 0 Å². The Hall–Kier alpha value is -1.43. The summed E-state index contributed by atoms with van der Waals surface area (Å²) in [6.45, 7) is -0.122. The molecule has 0 aliphatic rings. The fourth-order valence-corrected chi connectivity index (χ4v) is 3.17. The molecule has 0 amide bonds. The Morgan fingerprint density at radius 2 is 1.86 bits per heavy atom. The van der Waals surface area contributed by atoms with E-state index in [9.17, 15) is 5.11 Å². The van der Waals surface area contributed by atoms with Crippen molar-refractivity contribution in [2.45, 2.75) is 6.61 Å². The number of halogens is 2. The fourth-order valence-electron chi connectivity index (χ4n) is 2.04. The molecule has 1 heterocycles. The van der Waals surface area contributed by atoms with Crippen molar-refractivity contribution in [3.8, 4) is 11.6 Å². The summed E-state index contributed by atoms with van der Waals surface area (Å²) in [4.78, 5) is 4.37. The fraction of sp³-hybridized carbons (Fsp3) is 0.0625. The van der Waals surface area contributed by atoms with Gasteiger partial charge in [0.15, 0.2) is 0 Å². The topological polar surface area (TPSA) is 42.4 Å². The molecule has 0 radical (unpaired) electrons. The Kier molecular flexibility index (Phi) is 4.24. The van der Waals surface area contributed by atoms with Gasteiger partial charge in [0.1, 0.15) is 5.75 Å². The third-order valence-electron chi connectivity index (χ3n) is 3.02. The maximum atomic E-state index is 9.35. The van der Waals surface area contributed by atoms with Crippen LogP contribution < -0.4 is 4.74 Å². The van der Waals surface area contributed by atoms with Gasteiger partial charge >= 0.3 is 0 Å². The monoisotopic (exact) mass is 407 g/mol. The summed E-state index contributed by atoms with van der Waals surface area (Å²) in [5.74, 6) is 1.16. The lowest BCUT2D eigenvalue weighted by Gasteiger charge is -2.11. The van der Waals surface area contributed by atoms with Crippen molar-refractivity contribution in [3.05, 3.63) is 63.2 Å². The SMILES string of the molecule is OCc1cc2ccccc2c(Oc2ccc(Br)cc2Br)n1. The Labute approximate surface area is 138 Å². The zero-order valence-electron chi connectivity index (χ0n) is 10.9. The smallest absolute Gasteiger partial charge is 0.227 e. The van der Waals surface area contributed by atoms with Gasteiger partial charge in [-0.15, -0.1) is 0 Å². The molecule has 0 spiro atoms. The van der Waals surface area contributed by atoms with Crippen molar-refractivity contribution < 1.29 is 9.84 Å². The largest absolute Gasteiger partial charge is 0.437 e. The maximum Gasteiger partial charge on any atom is 0.227 e. The predicted octanol–water partition coefficient (Wildman–Crippen LogP) is 5.04. The number of fused-ring (bicyclic) bond motifs is 1. The molecular weight excluding hydrogens is 398 g/mol. The van der Waals surface area contributed by atoms with E-state index in [-0.39, 0.29) is 6.61 Å². The molecule has 1 aromatic heterocycles. The summed E-state index contributed by atoms with van der Waals surface area (Å²) in [7, 11) is 0. The van der Waals surface area contributed by atoms with Gasteiger partial charge in [-0.05, 0) is 51.6 Å². The van der Waals surface area contributed by atoms with Crippen LogP contribution in [0.5, 0.6) is 11.6 Å².